The van der Waals surface area contributed by atoms with Crippen molar-refractivity contribution in [2.75, 3.05) is 37.4 Å². The predicted molar refractivity (Wildman–Crippen MR) is 113 cm³/mol. The monoisotopic (exact) mass is 475 g/mol. The fraction of sp³-hybridized carbons (Fsp3) is 0.350. The summed E-state index contributed by atoms with van der Waals surface area (Å²) in [6, 6.07) is 9.32. The van der Waals surface area contributed by atoms with E-state index in [4.69, 9.17) is 4.74 Å². The number of amides is 1. The molecule has 0 radical (unpaired) electrons. The Morgan fingerprint density at radius 2 is 1.69 bits per heavy atom. The molecular weight excluding hydrogens is 451 g/mol. The number of nitrogens with zero attached hydrogens (tertiary/aromatic N) is 1. The predicted octanol–water partition coefficient (Wildman–Crippen LogP) is 3.67. The topological polar surface area (TPSA) is 97.0 Å². The van der Waals surface area contributed by atoms with Crippen LogP contribution in [0.3, 0.4) is 0 Å². The lowest BCUT2D eigenvalue weighted by molar-refractivity contribution is -0.274. The van der Waals surface area contributed by atoms with Crippen molar-refractivity contribution >= 4 is 27.3 Å². The zero-order valence-corrected chi connectivity index (χ0v) is 18.5. The second kappa shape index (κ2) is 10.6. The number of alkyl halides is 3. The van der Waals surface area contributed by atoms with E-state index in [0.29, 0.717) is 0 Å². The van der Waals surface area contributed by atoms with Gasteiger partial charge in [-0.15, -0.1) is 13.2 Å². The molecule has 2 N–H and O–H groups in total. The van der Waals surface area contributed by atoms with Gasteiger partial charge in [0, 0.05) is 13.1 Å². The van der Waals surface area contributed by atoms with E-state index in [2.05, 4.69) is 15.4 Å². The van der Waals surface area contributed by atoms with Gasteiger partial charge in [0.05, 0.1) is 29.9 Å². The number of carbonyl (C=O) groups excluding carboxylic acids is 1. The summed E-state index contributed by atoms with van der Waals surface area (Å²) in [5.41, 5.74) is 0.0668. The summed E-state index contributed by atoms with van der Waals surface area (Å²) in [5.74, 6) is -0.905. The van der Waals surface area contributed by atoms with Crippen LogP contribution < -0.4 is 20.1 Å². The van der Waals surface area contributed by atoms with E-state index in [9.17, 15) is 26.4 Å². The smallest absolute Gasteiger partial charge is 0.495 e. The summed E-state index contributed by atoms with van der Waals surface area (Å²) in [4.78, 5) is 12.4. The summed E-state index contributed by atoms with van der Waals surface area (Å²) >= 11 is 0. The van der Waals surface area contributed by atoms with Crippen LogP contribution in [0.25, 0.3) is 0 Å². The molecular formula is C20H24F3N3O5S. The maximum atomic E-state index is 12.7. The third-order valence-electron chi connectivity index (χ3n) is 4.34. The van der Waals surface area contributed by atoms with Crippen molar-refractivity contribution < 1.29 is 35.9 Å². The molecule has 2 rings (SSSR count). The highest BCUT2D eigenvalue weighted by Gasteiger charge is 2.32. The Balaban J connectivity index is 2.18. The van der Waals surface area contributed by atoms with Gasteiger partial charge in [-0.25, -0.2) is 8.42 Å². The van der Waals surface area contributed by atoms with Crippen LogP contribution in [0.5, 0.6) is 11.5 Å². The first kappa shape index (κ1) is 25.3. The van der Waals surface area contributed by atoms with Crippen LogP contribution in [0.1, 0.15) is 13.8 Å². The Morgan fingerprint density at radius 3 is 2.28 bits per heavy atom. The molecule has 0 unspecified atom stereocenters. The number of hydrogen-bond donors (Lipinski definition) is 2. The second-order valence-corrected chi connectivity index (χ2v) is 8.34. The number of sulfonamides is 1. The highest BCUT2D eigenvalue weighted by molar-refractivity contribution is 7.89. The first-order valence-electron chi connectivity index (χ1n) is 9.58. The first-order valence-corrected chi connectivity index (χ1v) is 11.0. The molecule has 0 aromatic heterocycles. The molecule has 8 nitrogen and oxygen atoms in total. The van der Waals surface area contributed by atoms with Crippen molar-refractivity contribution in [3.8, 4) is 11.5 Å². The minimum atomic E-state index is -4.88. The van der Waals surface area contributed by atoms with E-state index in [1.807, 2.05) is 0 Å². The first-order chi connectivity index (χ1) is 15.0. The van der Waals surface area contributed by atoms with E-state index in [1.165, 1.54) is 47.8 Å². The lowest BCUT2D eigenvalue weighted by Crippen LogP contribution is -2.30. The molecule has 0 aliphatic carbocycles. The number of para-hydroxylation sites is 2. The molecule has 32 heavy (non-hydrogen) atoms. The van der Waals surface area contributed by atoms with Gasteiger partial charge in [0.15, 0.2) is 5.75 Å². The van der Waals surface area contributed by atoms with Gasteiger partial charge in [-0.3, -0.25) is 4.79 Å². The van der Waals surface area contributed by atoms with E-state index >= 15 is 0 Å². The van der Waals surface area contributed by atoms with Gasteiger partial charge in [-0.1, -0.05) is 26.0 Å². The Bertz CT molecular complexity index is 1040. The quantitative estimate of drug-likeness (QED) is 0.544. The third kappa shape index (κ3) is 6.50. The molecule has 0 heterocycles. The minimum Gasteiger partial charge on any atom is -0.495 e. The van der Waals surface area contributed by atoms with Crippen LogP contribution in [-0.2, 0) is 14.8 Å². The molecule has 0 fully saturated rings. The van der Waals surface area contributed by atoms with Crippen molar-refractivity contribution in [2.24, 2.45) is 0 Å². The molecule has 176 valence electrons. The second-order valence-electron chi connectivity index (χ2n) is 6.40. The van der Waals surface area contributed by atoms with E-state index in [1.54, 1.807) is 13.8 Å². The average Bonchev–Trinajstić information content (AvgIpc) is 2.72. The van der Waals surface area contributed by atoms with E-state index in [-0.39, 0.29) is 35.1 Å². The van der Waals surface area contributed by atoms with Gasteiger partial charge in [-0.05, 0) is 30.3 Å². The summed E-state index contributed by atoms with van der Waals surface area (Å²) in [7, 11) is -2.42. The lowest BCUT2D eigenvalue weighted by Gasteiger charge is -2.20. The van der Waals surface area contributed by atoms with Crippen molar-refractivity contribution in [3.63, 3.8) is 0 Å². The summed E-state index contributed by atoms with van der Waals surface area (Å²) in [5, 5.41) is 5.08. The van der Waals surface area contributed by atoms with Gasteiger partial charge in [0.2, 0.25) is 15.9 Å². The molecule has 0 spiro atoms. The highest BCUT2D eigenvalue weighted by atomic mass is 32.2. The largest absolute Gasteiger partial charge is 0.573 e. The van der Waals surface area contributed by atoms with Crippen molar-refractivity contribution in [1.29, 1.82) is 0 Å². The molecule has 1 amide bonds. The fourth-order valence-corrected chi connectivity index (χ4v) is 4.34. The fourth-order valence-electron chi connectivity index (χ4n) is 2.85. The minimum absolute atomic E-state index is 0.0332. The highest BCUT2D eigenvalue weighted by Crippen LogP contribution is 2.31. The zero-order chi connectivity index (χ0) is 23.9. The number of anilines is 2. The summed E-state index contributed by atoms with van der Waals surface area (Å²) < 4.78 is 73.5. The number of ether oxygens (including phenoxy) is 2. The summed E-state index contributed by atoms with van der Waals surface area (Å²) in [6.07, 6.45) is -4.88. The van der Waals surface area contributed by atoms with Crippen molar-refractivity contribution in [2.45, 2.75) is 25.1 Å². The Hall–Kier alpha value is -2.99. The van der Waals surface area contributed by atoms with Crippen LogP contribution >= 0.6 is 0 Å². The molecule has 12 heteroatoms. The van der Waals surface area contributed by atoms with Gasteiger partial charge < -0.3 is 20.1 Å². The van der Waals surface area contributed by atoms with Crippen molar-refractivity contribution in [1.82, 2.24) is 4.31 Å². The Morgan fingerprint density at radius 1 is 1.03 bits per heavy atom. The van der Waals surface area contributed by atoms with Crippen molar-refractivity contribution in [3.05, 3.63) is 42.5 Å². The molecule has 0 saturated carbocycles. The standard InChI is InChI=1S/C20H24F3N3O5S/c1-4-26(5-2)32(28,29)14-10-11-17(30-3)16(12-14)25-19(27)13-24-15-8-6-7-9-18(15)31-20(21,22)23/h6-12,24H,4-5,13H2,1-3H3,(H,25,27). The maximum absolute atomic E-state index is 12.7. The Kier molecular flexibility index (Phi) is 8.33. The van der Waals surface area contributed by atoms with Crippen LogP contribution in [0, 0.1) is 0 Å². The van der Waals surface area contributed by atoms with Gasteiger partial charge in [0.1, 0.15) is 5.75 Å². The van der Waals surface area contributed by atoms with Crippen LogP contribution in [0.15, 0.2) is 47.4 Å². The molecule has 0 saturated heterocycles. The average molecular weight is 475 g/mol. The van der Waals surface area contributed by atoms with Crippen LogP contribution in [0.2, 0.25) is 0 Å². The van der Waals surface area contributed by atoms with Gasteiger partial charge >= 0.3 is 6.36 Å². The number of benzene rings is 2. The molecule has 0 atom stereocenters. The number of hydrogen-bond acceptors (Lipinski definition) is 6. The van der Waals surface area contributed by atoms with Gasteiger partial charge in [-0.2, -0.15) is 4.31 Å². The number of nitrogens with one attached hydrogen (secondary N) is 2. The lowest BCUT2D eigenvalue weighted by atomic mass is 10.2. The Labute approximate surface area is 184 Å². The molecule has 0 bridgehead atoms. The number of rotatable bonds is 10. The number of halogens is 3. The van der Waals surface area contributed by atoms with E-state index in [0.717, 1.165) is 6.07 Å². The van der Waals surface area contributed by atoms with E-state index < -0.39 is 34.6 Å². The molecule has 2 aromatic rings. The normalized spacial score (nSPS) is 11.8. The maximum Gasteiger partial charge on any atom is 0.573 e. The number of carbonyl (C=O) groups is 1. The zero-order valence-electron chi connectivity index (χ0n) is 17.7. The number of methoxy groups -OCH3 is 1. The SMILES string of the molecule is CCN(CC)S(=O)(=O)c1ccc(OC)c(NC(=O)CNc2ccccc2OC(F)(F)F)c1. The molecule has 2 aromatic carbocycles. The third-order valence-corrected chi connectivity index (χ3v) is 6.39. The molecule has 0 aliphatic rings. The summed E-state index contributed by atoms with van der Waals surface area (Å²) in [6.45, 7) is 3.55. The molecule has 0 aliphatic heterocycles. The van der Waals surface area contributed by atoms with Gasteiger partial charge in [0.25, 0.3) is 0 Å². The van der Waals surface area contributed by atoms with Crippen LogP contribution in [0.4, 0.5) is 24.5 Å². The van der Waals surface area contributed by atoms with Crippen LogP contribution in [-0.4, -0.2) is 51.7 Å².